The van der Waals surface area contributed by atoms with Gasteiger partial charge in [-0.15, -0.1) is 5.73 Å². The van der Waals surface area contributed by atoms with Crippen molar-refractivity contribution in [1.82, 2.24) is 4.98 Å². The highest BCUT2D eigenvalue weighted by Crippen LogP contribution is 2.26. The van der Waals surface area contributed by atoms with Gasteiger partial charge in [-0.25, -0.2) is 0 Å². The van der Waals surface area contributed by atoms with E-state index in [1.807, 2.05) is 18.3 Å². The topological polar surface area (TPSA) is 12.9 Å². The molecular formula is C20H23N. The number of benzene rings is 1. The van der Waals surface area contributed by atoms with Crippen LogP contribution < -0.4 is 0 Å². The fourth-order valence-electron chi connectivity index (χ4n) is 2.48. The fourth-order valence-corrected chi connectivity index (χ4v) is 2.48. The minimum atomic E-state index is 0.272. The second-order valence-corrected chi connectivity index (χ2v) is 6.63. The lowest BCUT2D eigenvalue weighted by atomic mass is 9.88. The highest BCUT2D eigenvalue weighted by Gasteiger charge is 2.11. The Bertz CT molecular complexity index is 598. The Hall–Kier alpha value is -2.11. The zero-order chi connectivity index (χ0) is 15.3. The predicted molar refractivity (Wildman–Crippen MR) is 90.0 cm³/mol. The van der Waals surface area contributed by atoms with Gasteiger partial charge in [0.25, 0.3) is 0 Å². The van der Waals surface area contributed by atoms with Crippen LogP contribution in [0.25, 0.3) is 5.57 Å². The Labute approximate surface area is 128 Å². The molecule has 0 saturated carbocycles. The Morgan fingerprint density at radius 2 is 1.67 bits per heavy atom. The molecule has 1 heteroatoms. The number of hydrogen-bond acceptors (Lipinski definition) is 1. The lowest BCUT2D eigenvalue weighted by Gasteiger charge is -2.17. The van der Waals surface area contributed by atoms with Crippen molar-refractivity contribution in [3.05, 3.63) is 77.3 Å². The zero-order valence-electron chi connectivity index (χ0n) is 13.4. The molecule has 1 heterocycles. The van der Waals surface area contributed by atoms with Gasteiger partial charge in [0, 0.05) is 23.5 Å². The largest absolute Gasteiger partial charge is 0.264 e. The van der Waals surface area contributed by atoms with E-state index in [9.17, 15) is 0 Å². The normalized spacial score (nSPS) is 10.9. The molecule has 0 saturated heterocycles. The third-order valence-electron chi connectivity index (χ3n) is 3.15. The highest BCUT2D eigenvalue weighted by molar-refractivity contribution is 5.79. The van der Waals surface area contributed by atoms with Gasteiger partial charge in [0.05, 0.1) is 0 Å². The van der Waals surface area contributed by atoms with Gasteiger partial charge < -0.3 is 0 Å². The van der Waals surface area contributed by atoms with Crippen molar-refractivity contribution in [2.75, 3.05) is 0 Å². The number of nitrogens with zero attached hydrogens (tertiary/aromatic N) is 1. The minimum absolute atomic E-state index is 0.272. The van der Waals surface area contributed by atoms with Crippen molar-refractivity contribution in [2.24, 2.45) is 5.41 Å². The van der Waals surface area contributed by atoms with Crippen LogP contribution in [0.5, 0.6) is 0 Å². The predicted octanol–water partition coefficient (Wildman–Crippen LogP) is 5.49. The van der Waals surface area contributed by atoms with Crippen LogP contribution in [0.4, 0.5) is 0 Å². The van der Waals surface area contributed by atoms with Crippen LogP contribution >= 0.6 is 0 Å². The van der Waals surface area contributed by atoms with Crippen molar-refractivity contribution < 1.29 is 0 Å². The molecule has 0 fully saturated rings. The Kier molecular flexibility index (Phi) is 4.77. The van der Waals surface area contributed by atoms with Gasteiger partial charge in [-0.1, -0.05) is 57.2 Å². The van der Waals surface area contributed by atoms with Crippen LogP contribution in [0.1, 0.15) is 45.2 Å². The average Bonchev–Trinajstić information content (AvgIpc) is 2.45. The molecule has 0 atom stereocenters. The molecule has 1 aromatic carbocycles. The summed E-state index contributed by atoms with van der Waals surface area (Å²) in [5, 5.41) is 0. The van der Waals surface area contributed by atoms with Crippen LogP contribution in [-0.2, 0) is 0 Å². The summed E-state index contributed by atoms with van der Waals surface area (Å²) in [5.41, 5.74) is 8.54. The van der Waals surface area contributed by atoms with E-state index in [0.29, 0.717) is 0 Å². The summed E-state index contributed by atoms with van der Waals surface area (Å²) >= 11 is 0. The SMILES string of the molecule is CC(=C=C(c1ccccc1)c1cccnc1)CC(C)(C)C. The van der Waals surface area contributed by atoms with Gasteiger partial charge in [0.2, 0.25) is 0 Å². The number of hydrogen-bond donors (Lipinski definition) is 0. The summed E-state index contributed by atoms with van der Waals surface area (Å²) in [6.07, 6.45) is 4.74. The molecule has 0 bridgehead atoms. The molecule has 21 heavy (non-hydrogen) atoms. The first kappa shape index (κ1) is 15.3. The van der Waals surface area contributed by atoms with E-state index in [-0.39, 0.29) is 5.41 Å². The summed E-state index contributed by atoms with van der Waals surface area (Å²) in [5.74, 6) is 0. The van der Waals surface area contributed by atoms with E-state index in [2.05, 4.69) is 68.7 Å². The maximum atomic E-state index is 4.24. The van der Waals surface area contributed by atoms with Gasteiger partial charge in [-0.05, 0) is 36.0 Å². The first-order chi connectivity index (χ1) is 9.96. The van der Waals surface area contributed by atoms with E-state index in [4.69, 9.17) is 0 Å². The maximum Gasteiger partial charge on any atom is 0.0352 e. The average molecular weight is 277 g/mol. The second-order valence-electron chi connectivity index (χ2n) is 6.63. The minimum Gasteiger partial charge on any atom is -0.264 e. The number of pyridine rings is 1. The van der Waals surface area contributed by atoms with Crippen LogP contribution in [0, 0.1) is 5.41 Å². The number of aromatic nitrogens is 1. The molecule has 0 radical (unpaired) electrons. The van der Waals surface area contributed by atoms with Crippen molar-refractivity contribution >= 4 is 5.57 Å². The lowest BCUT2D eigenvalue weighted by molar-refractivity contribution is 0.410. The van der Waals surface area contributed by atoms with Crippen molar-refractivity contribution in [2.45, 2.75) is 34.1 Å². The molecular weight excluding hydrogens is 254 g/mol. The summed E-state index contributed by atoms with van der Waals surface area (Å²) in [7, 11) is 0. The molecule has 0 spiro atoms. The van der Waals surface area contributed by atoms with Gasteiger partial charge in [-0.3, -0.25) is 4.98 Å². The molecule has 0 aliphatic carbocycles. The van der Waals surface area contributed by atoms with Gasteiger partial charge in [0.15, 0.2) is 0 Å². The molecule has 0 amide bonds. The van der Waals surface area contributed by atoms with E-state index < -0.39 is 0 Å². The Morgan fingerprint density at radius 3 is 2.24 bits per heavy atom. The molecule has 0 aliphatic heterocycles. The smallest absolute Gasteiger partial charge is 0.0352 e. The van der Waals surface area contributed by atoms with Crippen molar-refractivity contribution in [3.8, 4) is 0 Å². The van der Waals surface area contributed by atoms with Gasteiger partial charge in [-0.2, -0.15) is 0 Å². The molecule has 2 aromatic rings. The Balaban J connectivity index is 2.55. The van der Waals surface area contributed by atoms with E-state index in [1.165, 1.54) is 11.1 Å². The zero-order valence-corrected chi connectivity index (χ0v) is 13.4. The maximum absolute atomic E-state index is 4.24. The van der Waals surface area contributed by atoms with Crippen LogP contribution in [0.15, 0.2) is 66.2 Å². The molecule has 2 rings (SSSR count). The second kappa shape index (κ2) is 6.56. The lowest BCUT2D eigenvalue weighted by Crippen LogP contribution is -2.04. The summed E-state index contributed by atoms with van der Waals surface area (Å²) in [4.78, 5) is 4.24. The van der Waals surface area contributed by atoms with Crippen molar-refractivity contribution in [3.63, 3.8) is 0 Å². The van der Waals surface area contributed by atoms with Crippen LogP contribution in [0.2, 0.25) is 0 Å². The molecule has 108 valence electrons. The van der Waals surface area contributed by atoms with E-state index in [1.54, 1.807) is 6.20 Å². The monoisotopic (exact) mass is 277 g/mol. The van der Waals surface area contributed by atoms with Gasteiger partial charge in [0.1, 0.15) is 0 Å². The van der Waals surface area contributed by atoms with E-state index >= 15 is 0 Å². The van der Waals surface area contributed by atoms with Crippen LogP contribution in [0.3, 0.4) is 0 Å². The quantitative estimate of drug-likeness (QED) is 0.675. The van der Waals surface area contributed by atoms with E-state index in [0.717, 1.165) is 17.6 Å². The molecule has 0 aliphatic rings. The molecule has 1 aromatic heterocycles. The molecule has 1 nitrogen and oxygen atoms in total. The molecule has 0 N–H and O–H groups in total. The van der Waals surface area contributed by atoms with Crippen molar-refractivity contribution in [1.29, 1.82) is 0 Å². The first-order valence-electron chi connectivity index (χ1n) is 7.38. The fraction of sp³-hybridized carbons (Fsp3) is 0.300. The standard InChI is InChI=1S/C20H23N/c1-16(14-20(2,3)4)13-19(17-9-6-5-7-10-17)18-11-8-12-21-15-18/h5-12,15H,14H2,1-4H3. The highest BCUT2D eigenvalue weighted by atomic mass is 14.6. The molecule has 0 unspecified atom stereocenters. The third-order valence-corrected chi connectivity index (χ3v) is 3.15. The van der Waals surface area contributed by atoms with Gasteiger partial charge >= 0.3 is 0 Å². The summed E-state index contributed by atoms with van der Waals surface area (Å²) in [6.45, 7) is 8.92. The summed E-state index contributed by atoms with van der Waals surface area (Å²) < 4.78 is 0. The Morgan fingerprint density at radius 1 is 1.00 bits per heavy atom. The third kappa shape index (κ3) is 4.73. The summed E-state index contributed by atoms with van der Waals surface area (Å²) in [6, 6.07) is 14.5. The number of rotatable bonds is 3. The first-order valence-corrected chi connectivity index (χ1v) is 7.38. The number of allylic oxidation sites excluding steroid dienone is 1. The van der Waals surface area contributed by atoms with Crippen LogP contribution in [-0.4, -0.2) is 4.98 Å².